The van der Waals surface area contributed by atoms with Crippen molar-refractivity contribution in [3.05, 3.63) is 0 Å². The summed E-state index contributed by atoms with van der Waals surface area (Å²) in [6, 6.07) is 0.469. The van der Waals surface area contributed by atoms with Gasteiger partial charge < -0.3 is 21.4 Å². The highest BCUT2D eigenvalue weighted by molar-refractivity contribution is 5.75. The highest BCUT2D eigenvalue weighted by Crippen LogP contribution is 2.07. The zero-order chi connectivity index (χ0) is 15.1. The van der Waals surface area contributed by atoms with Gasteiger partial charge in [0.2, 0.25) is 0 Å². The molecular formula is C14H31NO5. The molecule has 0 aliphatic carbocycles. The second-order valence-corrected chi connectivity index (χ2v) is 4.69. The van der Waals surface area contributed by atoms with E-state index in [0.717, 1.165) is 0 Å². The molecule has 20 heavy (non-hydrogen) atoms. The molecule has 1 unspecified atom stereocenters. The van der Waals surface area contributed by atoms with Crippen molar-refractivity contribution in [2.24, 2.45) is 5.73 Å². The van der Waals surface area contributed by atoms with Crippen molar-refractivity contribution in [1.29, 1.82) is 0 Å². The number of hydrogen-bond acceptors (Lipinski definition) is 3. The average Bonchev–Trinajstić information content (AvgIpc) is 2.33. The van der Waals surface area contributed by atoms with Gasteiger partial charge in [0.1, 0.15) is 0 Å². The number of nitrogens with two attached hydrogens (primary N) is 1. The summed E-state index contributed by atoms with van der Waals surface area (Å²) < 4.78 is 0. The van der Waals surface area contributed by atoms with Gasteiger partial charge in [-0.1, -0.05) is 46.0 Å². The number of carboxylic acids is 2. The minimum atomic E-state index is -1.08. The minimum Gasteiger partial charge on any atom is -0.481 e. The van der Waals surface area contributed by atoms with E-state index < -0.39 is 11.9 Å². The van der Waals surface area contributed by atoms with Crippen LogP contribution in [0.25, 0.3) is 0 Å². The molecule has 0 saturated carbocycles. The Hall–Kier alpha value is -1.14. The summed E-state index contributed by atoms with van der Waals surface area (Å²) in [4.78, 5) is 19.3. The van der Waals surface area contributed by atoms with E-state index in [1.165, 1.54) is 44.9 Å². The van der Waals surface area contributed by atoms with Gasteiger partial charge in [-0.25, -0.2) is 0 Å². The second kappa shape index (κ2) is 17.9. The molecule has 0 bridgehead atoms. The van der Waals surface area contributed by atoms with Crippen molar-refractivity contribution < 1.29 is 25.3 Å². The molecular weight excluding hydrogens is 262 g/mol. The van der Waals surface area contributed by atoms with Gasteiger partial charge in [0.05, 0.1) is 12.8 Å². The van der Waals surface area contributed by atoms with Gasteiger partial charge in [0.25, 0.3) is 0 Å². The van der Waals surface area contributed by atoms with Gasteiger partial charge in [-0.2, -0.15) is 0 Å². The second-order valence-electron chi connectivity index (χ2n) is 4.69. The van der Waals surface area contributed by atoms with Crippen LogP contribution >= 0.6 is 0 Å². The molecule has 6 nitrogen and oxygen atoms in total. The lowest BCUT2D eigenvalue weighted by Crippen LogP contribution is -2.18. The third kappa shape index (κ3) is 25.6. The molecule has 0 saturated heterocycles. The van der Waals surface area contributed by atoms with Crippen LogP contribution in [0.5, 0.6) is 0 Å². The van der Waals surface area contributed by atoms with Crippen LogP contribution in [0.1, 0.15) is 71.6 Å². The predicted molar refractivity (Wildman–Crippen MR) is 79.8 cm³/mol. The van der Waals surface area contributed by atoms with E-state index in [1.807, 2.05) is 0 Å². The first kappa shape index (κ1) is 23.9. The number of hydrogen-bond donors (Lipinski definition) is 3. The predicted octanol–water partition coefficient (Wildman–Crippen LogP) is 2.20. The highest BCUT2D eigenvalue weighted by Gasteiger charge is 2.00. The Balaban J connectivity index is -0.000000288. The van der Waals surface area contributed by atoms with E-state index in [0.29, 0.717) is 6.04 Å². The van der Waals surface area contributed by atoms with Crippen molar-refractivity contribution in [3.63, 3.8) is 0 Å². The first-order valence-corrected chi connectivity index (χ1v) is 7.13. The van der Waals surface area contributed by atoms with E-state index in [2.05, 4.69) is 13.8 Å². The largest absolute Gasteiger partial charge is 0.481 e. The van der Waals surface area contributed by atoms with Crippen LogP contribution in [0.15, 0.2) is 0 Å². The van der Waals surface area contributed by atoms with E-state index >= 15 is 0 Å². The summed E-state index contributed by atoms with van der Waals surface area (Å²) in [5.74, 6) is -2.15. The molecule has 1 atom stereocenters. The summed E-state index contributed by atoms with van der Waals surface area (Å²) in [5, 5.41) is 15.8. The molecule has 0 aromatic rings. The van der Waals surface area contributed by atoms with Gasteiger partial charge >= 0.3 is 11.9 Å². The summed E-state index contributed by atoms with van der Waals surface area (Å²) in [6.45, 7) is 4.44. The van der Waals surface area contributed by atoms with Gasteiger partial charge in [-0.15, -0.1) is 0 Å². The SMILES string of the molecule is CCCCCCC(N)CCC.O.O=C(O)CCC(=O)O. The molecule has 0 spiro atoms. The van der Waals surface area contributed by atoms with Gasteiger partial charge in [-0.3, -0.25) is 9.59 Å². The van der Waals surface area contributed by atoms with Crippen molar-refractivity contribution >= 4 is 11.9 Å². The van der Waals surface area contributed by atoms with E-state index in [1.54, 1.807) is 0 Å². The summed E-state index contributed by atoms with van der Waals surface area (Å²) >= 11 is 0. The number of carboxylic acid groups (broad SMARTS) is 2. The van der Waals surface area contributed by atoms with Crippen molar-refractivity contribution in [2.45, 2.75) is 77.7 Å². The normalized spacial score (nSPS) is 10.8. The standard InChI is InChI=1S/C10H23N.C4H6O4.H2O/c1-3-5-6-7-9-10(11)8-4-2;5-3(6)1-2-4(7)8;/h10H,3-9,11H2,1-2H3;1-2H2,(H,5,6)(H,7,8);1H2. The number of carbonyl (C=O) groups is 2. The molecule has 6 heteroatoms. The minimum absolute atomic E-state index is 0. The Bertz CT molecular complexity index is 220. The fraction of sp³-hybridized carbons (Fsp3) is 0.857. The Morgan fingerprint density at radius 1 is 0.900 bits per heavy atom. The third-order valence-corrected chi connectivity index (χ3v) is 2.64. The van der Waals surface area contributed by atoms with Crippen molar-refractivity contribution in [2.75, 3.05) is 0 Å². The van der Waals surface area contributed by atoms with Crippen molar-refractivity contribution in [3.8, 4) is 0 Å². The Morgan fingerprint density at radius 3 is 1.75 bits per heavy atom. The number of aliphatic carboxylic acids is 2. The fourth-order valence-corrected chi connectivity index (χ4v) is 1.56. The van der Waals surface area contributed by atoms with E-state index in [9.17, 15) is 9.59 Å². The van der Waals surface area contributed by atoms with Crippen LogP contribution in [0.4, 0.5) is 0 Å². The lowest BCUT2D eigenvalue weighted by Gasteiger charge is -2.08. The molecule has 0 amide bonds. The molecule has 0 rings (SSSR count). The van der Waals surface area contributed by atoms with Crippen LogP contribution in [0.3, 0.4) is 0 Å². The fourth-order valence-electron chi connectivity index (χ4n) is 1.56. The van der Waals surface area contributed by atoms with Gasteiger partial charge in [-0.05, 0) is 12.8 Å². The molecule has 0 aliphatic rings. The summed E-state index contributed by atoms with van der Waals surface area (Å²) in [6.07, 6.45) is 8.46. The smallest absolute Gasteiger partial charge is 0.303 e. The molecule has 0 aromatic heterocycles. The summed E-state index contributed by atoms with van der Waals surface area (Å²) in [7, 11) is 0. The topological polar surface area (TPSA) is 132 Å². The maximum Gasteiger partial charge on any atom is 0.303 e. The maximum atomic E-state index is 9.64. The number of rotatable bonds is 10. The maximum absolute atomic E-state index is 9.64. The van der Waals surface area contributed by atoms with Crippen LogP contribution in [0, 0.1) is 0 Å². The monoisotopic (exact) mass is 293 g/mol. The lowest BCUT2D eigenvalue weighted by molar-refractivity contribution is -0.143. The van der Waals surface area contributed by atoms with Crippen LogP contribution < -0.4 is 5.73 Å². The van der Waals surface area contributed by atoms with Gasteiger partial charge in [0.15, 0.2) is 0 Å². The zero-order valence-electron chi connectivity index (χ0n) is 12.7. The third-order valence-electron chi connectivity index (χ3n) is 2.64. The molecule has 0 fully saturated rings. The quantitative estimate of drug-likeness (QED) is 0.531. The highest BCUT2D eigenvalue weighted by atomic mass is 16.4. The zero-order valence-corrected chi connectivity index (χ0v) is 12.7. The lowest BCUT2D eigenvalue weighted by atomic mass is 10.0. The molecule has 0 aromatic carbocycles. The molecule has 0 aliphatic heterocycles. The summed E-state index contributed by atoms with van der Waals surface area (Å²) in [5.41, 5.74) is 5.87. The van der Waals surface area contributed by atoms with E-state index in [-0.39, 0.29) is 18.3 Å². The molecule has 0 heterocycles. The number of unbranched alkanes of at least 4 members (excludes halogenated alkanes) is 3. The Kier molecular flexibility index (Phi) is 21.4. The van der Waals surface area contributed by atoms with E-state index in [4.69, 9.17) is 15.9 Å². The van der Waals surface area contributed by atoms with Crippen LogP contribution in [0.2, 0.25) is 0 Å². The molecule has 122 valence electrons. The molecule has 0 radical (unpaired) electrons. The Morgan fingerprint density at radius 2 is 1.40 bits per heavy atom. The Labute approximate surface area is 121 Å². The van der Waals surface area contributed by atoms with Crippen molar-refractivity contribution in [1.82, 2.24) is 0 Å². The first-order valence-electron chi connectivity index (χ1n) is 7.13. The first-order chi connectivity index (χ1) is 8.93. The van der Waals surface area contributed by atoms with Crippen LogP contribution in [-0.4, -0.2) is 33.7 Å². The van der Waals surface area contributed by atoms with Crippen LogP contribution in [-0.2, 0) is 9.59 Å². The molecule has 6 N–H and O–H groups in total. The van der Waals surface area contributed by atoms with Gasteiger partial charge in [0, 0.05) is 6.04 Å². The average molecular weight is 293 g/mol.